The van der Waals surface area contributed by atoms with Crippen LogP contribution in [0, 0.1) is 0 Å². The van der Waals surface area contributed by atoms with Gasteiger partial charge in [0, 0.05) is 46.9 Å². The molecule has 0 saturated heterocycles. The number of aromatic hydroxyl groups is 10. The van der Waals surface area contributed by atoms with E-state index in [0.717, 1.165) is 36.4 Å². The normalized spacial score (nSPS) is 20.5. The van der Waals surface area contributed by atoms with Crippen LogP contribution in [-0.2, 0) is 11.2 Å². The molecule has 2 aliphatic heterocycles. The molecular weight excluding hydrogens is 684 g/mol. The van der Waals surface area contributed by atoms with E-state index in [9.17, 15) is 61.0 Å². The third-order valence-corrected chi connectivity index (χ3v) is 9.11. The molecule has 0 aliphatic carbocycles. The van der Waals surface area contributed by atoms with Gasteiger partial charge in [0.1, 0.15) is 52.5 Å². The molecule has 0 bridgehead atoms. The molecule has 0 radical (unpaired) electrons. The first-order valence-corrected chi connectivity index (χ1v) is 15.6. The lowest BCUT2D eigenvalue weighted by atomic mass is 9.77. The van der Waals surface area contributed by atoms with Crippen LogP contribution in [0.3, 0.4) is 0 Å². The zero-order valence-electron chi connectivity index (χ0n) is 26.6. The number of phenols is 10. The fourth-order valence-electron chi connectivity index (χ4n) is 6.67. The quantitative estimate of drug-likeness (QED) is 0.0896. The number of benzene rings is 5. The molecular formula is C37H30O15. The van der Waals surface area contributed by atoms with Gasteiger partial charge in [-0.05, 0) is 42.0 Å². The SMILES string of the molecule is O=C(O[C@@H]1Cc2c(O)cc(O)c([C@H]3c4c(O)cc(O)cc4O[C@H](c4ccc(O)cc4)[C@@H]3O)c2O[C@@H]1c1ccc(O)c(O)c1)c1cc(O)c(O)c(O)c1. The van der Waals surface area contributed by atoms with E-state index in [0.29, 0.717) is 5.56 Å². The highest BCUT2D eigenvalue weighted by molar-refractivity contribution is 5.91. The van der Waals surface area contributed by atoms with E-state index in [1.54, 1.807) is 0 Å². The van der Waals surface area contributed by atoms with Crippen LogP contribution in [0.25, 0.3) is 0 Å². The molecule has 5 aromatic rings. The lowest BCUT2D eigenvalue weighted by Crippen LogP contribution is -2.38. The van der Waals surface area contributed by atoms with Crippen molar-refractivity contribution in [1.29, 1.82) is 0 Å². The van der Waals surface area contributed by atoms with Crippen LogP contribution in [-0.4, -0.2) is 74.3 Å². The van der Waals surface area contributed by atoms with Crippen LogP contribution in [0.1, 0.15) is 56.3 Å². The molecule has 0 saturated carbocycles. The van der Waals surface area contributed by atoms with Crippen molar-refractivity contribution in [3.05, 3.63) is 106 Å². The van der Waals surface area contributed by atoms with Gasteiger partial charge in [-0.1, -0.05) is 18.2 Å². The molecule has 0 amide bonds. The number of carbonyl (C=O) groups excluding carboxylic acids is 1. The smallest absolute Gasteiger partial charge is 0.338 e. The van der Waals surface area contributed by atoms with Gasteiger partial charge < -0.3 is 70.4 Å². The number of phenolic OH excluding ortho intramolecular Hbond substituents is 10. The van der Waals surface area contributed by atoms with E-state index >= 15 is 0 Å². The van der Waals surface area contributed by atoms with Gasteiger partial charge in [0.15, 0.2) is 41.0 Å². The van der Waals surface area contributed by atoms with E-state index in [4.69, 9.17) is 14.2 Å². The number of aliphatic hydroxyl groups excluding tert-OH is 1. The number of ether oxygens (including phenoxy) is 3. The van der Waals surface area contributed by atoms with Crippen LogP contribution >= 0.6 is 0 Å². The molecule has 2 aliphatic rings. The Morgan fingerprint density at radius 1 is 0.596 bits per heavy atom. The topological polar surface area (TPSA) is 267 Å². The number of esters is 1. The van der Waals surface area contributed by atoms with Gasteiger partial charge in [-0.2, -0.15) is 0 Å². The number of rotatable bonds is 5. The van der Waals surface area contributed by atoms with Gasteiger partial charge in [0.2, 0.25) is 0 Å². The maximum Gasteiger partial charge on any atom is 0.338 e. The van der Waals surface area contributed by atoms with Crippen molar-refractivity contribution in [2.75, 3.05) is 0 Å². The summed E-state index contributed by atoms with van der Waals surface area (Å²) in [4.78, 5) is 13.3. The van der Waals surface area contributed by atoms with Gasteiger partial charge >= 0.3 is 5.97 Å². The molecule has 0 aromatic heterocycles. The summed E-state index contributed by atoms with van der Waals surface area (Å²) in [5, 5.41) is 116. The summed E-state index contributed by atoms with van der Waals surface area (Å²) < 4.78 is 18.2. The monoisotopic (exact) mass is 714 g/mol. The van der Waals surface area contributed by atoms with E-state index in [2.05, 4.69) is 0 Å². The third kappa shape index (κ3) is 5.68. The molecule has 52 heavy (non-hydrogen) atoms. The first-order chi connectivity index (χ1) is 24.7. The van der Waals surface area contributed by atoms with Crippen molar-refractivity contribution >= 4 is 5.97 Å². The summed E-state index contributed by atoms with van der Waals surface area (Å²) in [7, 11) is 0. The Labute approximate surface area is 292 Å². The molecule has 11 N–H and O–H groups in total. The van der Waals surface area contributed by atoms with Crippen molar-refractivity contribution in [2.45, 2.75) is 36.8 Å². The second-order valence-electron chi connectivity index (χ2n) is 12.4. The Bertz CT molecular complexity index is 2210. The fraction of sp³-hybridized carbons (Fsp3) is 0.162. The molecule has 15 heteroatoms. The molecule has 0 fully saturated rings. The largest absolute Gasteiger partial charge is 0.508 e. The van der Waals surface area contributed by atoms with Gasteiger partial charge in [0.25, 0.3) is 0 Å². The highest BCUT2D eigenvalue weighted by Gasteiger charge is 2.47. The van der Waals surface area contributed by atoms with Crippen LogP contribution in [0.5, 0.6) is 69.0 Å². The molecule has 15 nitrogen and oxygen atoms in total. The minimum Gasteiger partial charge on any atom is -0.508 e. The summed E-state index contributed by atoms with van der Waals surface area (Å²) in [5.41, 5.74) is -0.116. The Morgan fingerprint density at radius 2 is 1.25 bits per heavy atom. The Hall–Kier alpha value is -6.87. The number of hydrogen-bond acceptors (Lipinski definition) is 15. The molecule has 2 heterocycles. The van der Waals surface area contributed by atoms with Crippen LogP contribution in [0.4, 0.5) is 0 Å². The summed E-state index contributed by atoms with van der Waals surface area (Å²) >= 11 is 0. The lowest BCUT2D eigenvalue weighted by molar-refractivity contribution is -0.0210. The Morgan fingerprint density at radius 3 is 1.92 bits per heavy atom. The van der Waals surface area contributed by atoms with Crippen molar-refractivity contribution < 1.29 is 75.2 Å². The Kier molecular flexibility index (Phi) is 8.06. The first kappa shape index (κ1) is 33.6. The first-order valence-electron chi connectivity index (χ1n) is 15.6. The van der Waals surface area contributed by atoms with Crippen LogP contribution < -0.4 is 9.47 Å². The highest BCUT2D eigenvalue weighted by Crippen LogP contribution is 2.57. The zero-order chi connectivity index (χ0) is 37.2. The molecule has 5 atom stereocenters. The van der Waals surface area contributed by atoms with Crippen LogP contribution in [0.2, 0.25) is 0 Å². The fourth-order valence-corrected chi connectivity index (χ4v) is 6.67. The van der Waals surface area contributed by atoms with E-state index < -0.39 is 82.3 Å². The second kappa shape index (κ2) is 12.5. The summed E-state index contributed by atoms with van der Waals surface area (Å²) in [6.45, 7) is 0. The maximum absolute atomic E-state index is 13.3. The molecule has 5 aromatic carbocycles. The lowest BCUT2D eigenvalue weighted by Gasteiger charge is -2.40. The Balaban J connectivity index is 1.39. The van der Waals surface area contributed by atoms with Gasteiger partial charge in [0.05, 0.1) is 11.5 Å². The number of aliphatic hydroxyl groups is 1. The number of fused-ring (bicyclic) bond motifs is 2. The minimum atomic E-state index is -1.60. The van der Waals surface area contributed by atoms with E-state index in [1.807, 2.05) is 0 Å². The predicted molar refractivity (Wildman–Crippen MR) is 176 cm³/mol. The number of hydrogen-bond donors (Lipinski definition) is 11. The maximum atomic E-state index is 13.3. The number of carbonyl (C=O) groups is 1. The molecule has 268 valence electrons. The third-order valence-electron chi connectivity index (χ3n) is 9.11. The van der Waals surface area contributed by atoms with Crippen molar-refractivity contribution in [3.63, 3.8) is 0 Å². The minimum absolute atomic E-state index is 0.0269. The summed E-state index contributed by atoms with van der Waals surface area (Å²) in [6.07, 6.45) is -5.84. The van der Waals surface area contributed by atoms with E-state index in [-0.39, 0.29) is 57.2 Å². The summed E-state index contributed by atoms with van der Waals surface area (Å²) in [6, 6.07) is 14.2. The van der Waals surface area contributed by atoms with Crippen LogP contribution in [0.15, 0.2) is 72.8 Å². The van der Waals surface area contributed by atoms with E-state index in [1.165, 1.54) is 36.4 Å². The van der Waals surface area contributed by atoms with Gasteiger partial charge in [-0.3, -0.25) is 0 Å². The van der Waals surface area contributed by atoms with Crippen molar-refractivity contribution in [1.82, 2.24) is 0 Å². The van der Waals surface area contributed by atoms with Crippen molar-refractivity contribution in [3.8, 4) is 69.0 Å². The molecule has 0 unspecified atom stereocenters. The second-order valence-corrected chi connectivity index (χ2v) is 12.4. The van der Waals surface area contributed by atoms with Crippen molar-refractivity contribution in [2.24, 2.45) is 0 Å². The summed E-state index contributed by atoms with van der Waals surface area (Å²) in [5.74, 6) is -8.40. The average molecular weight is 715 g/mol. The van der Waals surface area contributed by atoms with Gasteiger partial charge in [-0.25, -0.2) is 4.79 Å². The highest BCUT2D eigenvalue weighted by atomic mass is 16.6. The van der Waals surface area contributed by atoms with Gasteiger partial charge in [-0.15, -0.1) is 0 Å². The predicted octanol–water partition coefficient (Wildman–Crippen LogP) is 4.27. The molecule has 0 spiro atoms. The zero-order valence-corrected chi connectivity index (χ0v) is 26.6. The molecule has 7 rings (SSSR count). The standard InChI is InChI=1S/C37H30O15/c38-17-4-1-14(2-5-17)35-33(48)31(29-23(43)10-18(39)11-27(29)50-35)30-24(44)13-21(41)19-12-28(51-37(49)16-8-25(45)32(47)26(46)9-16)34(52-36(19)30)15-3-6-20(40)22(42)7-15/h1-11,13,28,31,33-35,38-48H,12H2/t28-,31-,33-,34-,35-/m1/s1. The average Bonchev–Trinajstić information content (AvgIpc) is 3.09.